The highest BCUT2D eigenvalue weighted by molar-refractivity contribution is 6.04. The van der Waals surface area contributed by atoms with Crippen LogP contribution in [0.15, 0.2) is 46.9 Å². The lowest BCUT2D eigenvalue weighted by atomic mass is 10.1. The fourth-order valence-electron chi connectivity index (χ4n) is 2.76. The fraction of sp³-hybridized carbons (Fsp3) is 0.250. The van der Waals surface area contributed by atoms with Gasteiger partial charge in [0.05, 0.1) is 11.5 Å². The lowest BCUT2D eigenvalue weighted by Gasteiger charge is -2.07. The smallest absolute Gasteiger partial charge is 0.342 e. The number of methoxy groups -OCH3 is 1. The minimum absolute atomic E-state index is 0.00287. The minimum Gasteiger partial charge on any atom is -0.489 e. The maximum atomic E-state index is 12.4. The Morgan fingerprint density at radius 1 is 1.18 bits per heavy atom. The summed E-state index contributed by atoms with van der Waals surface area (Å²) in [5.41, 5.74) is 1.55. The largest absolute Gasteiger partial charge is 0.489 e. The van der Waals surface area contributed by atoms with Gasteiger partial charge in [0.1, 0.15) is 35.9 Å². The number of rotatable bonds is 8. The number of aryl methyl sites for hydroxylation is 1. The molecule has 0 aliphatic rings. The van der Waals surface area contributed by atoms with E-state index < -0.39 is 10.9 Å². The Bertz CT molecular complexity index is 1010. The Morgan fingerprint density at radius 3 is 2.75 bits per heavy atom. The quantitative estimate of drug-likeness (QED) is 0.250. The van der Waals surface area contributed by atoms with Gasteiger partial charge in [-0.15, -0.1) is 0 Å². The minimum atomic E-state index is -0.496. The number of carbonyl (C=O) groups excluding carboxylic acids is 1. The fourth-order valence-corrected chi connectivity index (χ4v) is 2.76. The van der Waals surface area contributed by atoms with E-state index in [1.807, 2.05) is 0 Å². The SMILES string of the molecule is COCCOC(=O)c1c(C)oc2ccc(OCc3cccc([N+](=O)[O-])c3)cc12. The van der Waals surface area contributed by atoms with Crippen molar-refractivity contribution in [1.29, 1.82) is 0 Å². The van der Waals surface area contributed by atoms with E-state index in [9.17, 15) is 14.9 Å². The van der Waals surface area contributed by atoms with Crippen LogP contribution in [0.3, 0.4) is 0 Å². The Kier molecular flexibility index (Phi) is 5.90. The molecule has 0 saturated heterocycles. The summed E-state index contributed by atoms with van der Waals surface area (Å²) in [4.78, 5) is 22.8. The van der Waals surface area contributed by atoms with Crippen LogP contribution < -0.4 is 4.74 Å². The molecule has 0 N–H and O–H groups in total. The first-order valence-electron chi connectivity index (χ1n) is 8.55. The molecule has 8 heteroatoms. The molecule has 0 radical (unpaired) electrons. The number of fused-ring (bicyclic) bond motifs is 1. The first-order valence-corrected chi connectivity index (χ1v) is 8.55. The van der Waals surface area contributed by atoms with E-state index in [2.05, 4.69) is 0 Å². The summed E-state index contributed by atoms with van der Waals surface area (Å²) in [5, 5.41) is 11.5. The molecule has 3 rings (SSSR count). The molecule has 0 aliphatic heterocycles. The molecule has 2 aromatic carbocycles. The predicted octanol–water partition coefficient (Wildman–Crippen LogP) is 4.03. The summed E-state index contributed by atoms with van der Waals surface area (Å²) in [6.07, 6.45) is 0. The summed E-state index contributed by atoms with van der Waals surface area (Å²) in [6, 6.07) is 11.3. The van der Waals surface area contributed by atoms with E-state index in [1.165, 1.54) is 19.2 Å². The number of ether oxygens (including phenoxy) is 3. The van der Waals surface area contributed by atoms with Crippen LogP contribution in [0.2, 0.25) is 0 Å². The Labute approximate surface area is 160 Å². The van der Waals surface area contributed by atoms with Crippen molar-refractivity contribution in [3.05, 3.63) is 69.5 Å². The Balaban J connectivity index is 1.79. The van der Waals surface area contributed by atoms with E-state index in [1.54, 1.807) is 37.3 Å². The summed E-state index contributed by atoms with van der Waals surface area (Å²) in [7, 11) is 1.53. The summed E-state index contributed by atoms with van der Waals surface area (Å²) in [5.74, 6) is 0.461. The zero-order chi connectivity index (χ0) is 20.1. The van der Waals surface area contributed by atoms with Crippen molar-refractivity contribution >= 4 is 22.6 Å². The van der Waals surface area contributed by atoms with E-state index in [-0.39, 0.29) is 18.9 Å². The molecule has 0 aliphatic carbocycles. The number of hydrogen-bond acceptors (Lipinski definition) is 7. The number of nitro benzene ring substituents is 1. The van der Waals surface area contributed by atoms with E-state index in [0.717, 1.165) is 0 Å². The van der Waals surface area contributed by atoms with Gasteiger partial charge in [0.2, 0.25) is 0 Å². The molecule has 0 bridgehead atoms. The number of furan rings is 1. The number of carbonyl (C=O) groups is 1. The molecule has 0 amide bonds. The van der Waals surface area contributed by atoms with Crippen molar-refractivity contribution in [3.63, 3.8) is 0 Å². The summed E-state index contributed by atoms with van der Waals surface area (Å²) >= 11 is 0. The van der Waals surface area contributed by atoms with Crippen molar-refractivity contribution < 1.29 is 28.3 Å². The van der Waals surface area contributed by atoms with Gasteiger partial charge in [-0.1, -0.05) is 12.1 Å². The van der Waals surface area contributed by atoms with Gasteiger partial charge in [0.15, 0.2) is 0 Å². The number of hydrogen-bond donors (Lipinski definition) is 0. The molecule has 0 spiro atoms. The van der Waals surface area contributed by atoms with Crippen molar-refractivity contribution in [2.75, 3.05) is 20.3 Å². The Hall–Kier alpha value is -3.39. The van der Waals surface area contributed by atoms with Gasteiger partial charge in [-0.25, -0.2) is 4.79 Å². The molecule has 0 saturated carbocycles. The van der Waals surface area contributed by atoms with Gasteiger partial charge in [0, 0.05) is 24.6 Å². The molecule has 1 aromatic heterocycles. The van der Waals surface area contributed by atoms with Crippen molar-refractivity contribution in [1.82, 2.24) is 0 Å². The third kappa shape index (κ3) is 4.29. The van der Waals surface area contributed by atoms with Gasteiger partial charge in [-0.05, 0) is 30.7 Å². The molecular formula is C20H19NO7. The standard InChI is InChI=1S/C20H19NO7/c1-13-19(20(22)26-9-8-25-2)17-11-16(6-7-18(17)28-13)27-12-14-4-3-5-15(10-14)21(23)24/h3-7,10-11H,8-9,12H2,1-2H3. The van der Waals surface area contributed by atoms with Crippen LogP contribution in [-0.4, -0.2) is 31.2 Å². The molecule has 0 fully saturated rings. The summed E-state index contributed by atoms with van der Waals surface area (Å²) in [6.45, 7) is 2.29. The molecular weight excluding hydrogens is 366 g/mol. The highest BCUT2D eigenvalue weighted by Gasteiger charge is 2.20. The lowest BCUT2D eigenvalue weighted by molar-refractivity contribution is -0.384. The topological polar surface area (TPSA) is 101 Å². The average Bonchev–Trinajstić information content (AvgIpc) is 3.01. The van der Waals surface area contributed by atoms with Crippen molar-refractivity contribution in [3.8, 4) is 5.75 Å². The van der Waals surface area contributed by atoms with E-state index in [4.69, 9.17) is 18.6 Å². The average molecular weight is 385 g/mol. The van der Waals surface area contributed by atoms with Gasteiger partial charge in [0.25, 0.3) is 5.69 Å². The number of esters is 1. The molecule has 146 valence electrons. The Morgan fingerprint density at radius 2 is 2.00 bits per heavy atom. The number of benzene rings is 2. The molecule has 3 aromatic rings. The number of nitrogens with zero attached hydrogens (tertiary/aromatic N) is 1. The van der Waals surface area contributed by atoms with Crippen LogP contribution in [0, 0.1) is 17.0 Å². The highest BCUT2D eigenvalue weighted by Crippen LogP contribution is 2.30. The van der Waals surface area contributed by atoms with Crippen molar-refractivity contribution in [2.24, 2.45) is 0 Å². The number of nitro groups is 1. The van der Waals surface area contributed by atoms with Crippen LogP contribution in [0.25, 0.3) is 11.0 Å². The summed E-state index contributed by atoms with van der Waals surface area (Å²) < 4.78 is 21.4. The second-order valence-corrected chi connectivity index (χ2v) is 6.04. The van der Waals surface area contributed by atoms with Gasteiger partial charge < -0.3 is 18.6 Å². The normalized spacial score (nSPS) is 10.8. The van der Waals surface area contributed by atoms with E-state index >= 15 is 0 Å². The van der Waals surface area contributed by atoms with Gasteiger partial charge in [-0.2, -0.15) is 0 Å². The third-order valence-corrected chi connectivity index (χ3v) is 4.09. The van der Waals surface area contributed by atoms with E-state index in [0.29, 0.717) is 40.2 Å². The molecule has 1 heterocycles. The van der Waals surface area contributed by atoms with Crippen LogP contribution in [-0.2, 0) is 16.1 Å². The van der Waals surface area contributed by atoms with Crippen LogP contribution in [0.4, 0.5) is 5.69 Å². The second-order valence-electron chi connectivity index (χ2n) is 6.04. The zero-order valence-electron chi connectivity index (χ0n) is 15.5. The van der Waals surface area contributed by atoms with Crippen LogP contribution in [0.1, 0.15) is 21.7 Å². The highest BCUT2D eigenvalue weighted by atomic mass is 16.6. The first kappa shape index (κ1) is 19.4. The molecule has 28 heavy (non-hydrogen) atoms. The third-order valence-electron chi connectivity index (χ3n) is 4.09. The number of non-ortho nitro benzene ring substituents is 1. The van der Waals surface area contributed by atoms with Crippen LogP contribution >= 0.6 is 0 Å². The maximum absolute atomic E-state index is 12.4. The lowest BCUT2D eigenvalue weighted by Crippen LogP contribution is -2.10. The van der Waals surface area contributed by atoms with Crippen LogP contribution in [0.5, 0.6) is 5.75 Å². The van der Waals surface area contributed by atoms with Gasteiger partial charge >= 0.3 is 5.97 Å². The molecule has 0 atom stereocenters. The molecule has 8 nitrogen and oxygen atoms in total. The maximum Gasteiger partial charge on any atom is 0.342 e. The molecule has 0 unspecified atom stereocenters. The monoisotopic (exact) mass is 385 g/mol. The van der Waals surface area contributed by atoms with Gasteiger partial charge in [-0.3, -0.25) is 10.1 Å². The van der Waals surface area contributed by atoms with Crippen molar-refractivity contribution in [2.45, 2.75) is 13.5 Å². The zero-order valence-corrected chi connectivity index (χ0v) is 15.5. The second kappa shape index (κ2) is 8.53. The predicted molar refractivity (Wildman–Crippen MR) is 101 cm³/mol. The first-order chi connectivity index (χ1) is 13.5.